The van der Waals surface area contributed by atoms with Gasteiger partial charge in [-0.15, -0.1) is 0 Å². The molecule has 1 saturated heterocycles. The molecule has 1 aliphatic rings. The number of hydrogen-bond acceptors (Lipinski definition) is 3. The zero-order valence-electron chi connectivity index (χ0n) is 10.9. The van der Waals surface area contributed by atoms with E-state index >= 15 is 0 Å². The van der Waals surface area contributed by atoms with Crippen molar-refractivity contribution in [3.8, 4) is 5.75 Å². The van der Waals surface area contributed by atoms with E-state index in [1.54, 1.807) is 13.0 Å². The molecule has 0 bridgehead atoms. The summed E-state index contributed by atoms with van der Waals surface area (Å²) >= 11 is 0. The fraction of sp³-hybridized carbons (Fsp3) is 0.462. The number of ether oxygens (including phenoxy) is 1. The Morgan fingerprint density at radius 1 is 1.40 bits per heavy atom. The molecule has 1 aromatic carbocycles. The second-order valence-electron chi connectivity index (χ2n) is 4.39. The van der Waals surface area contributed by atoms with E-state index in [1.807, 2.05) is 0 Å². The molecule has 1 unspecified atom stereocenters. The maximum atomic E-state index is 13.4. The van der Waals surface area contributed by atoms with Gasteiger partial charge in [-0.25, -0.2) is 5.01 Å². The first-order valence-corrected chi connectivity index (χ1v) is 6.28. The minimum Gasteiger partial charge on any atom is -0.494 e. The minimum absolute atomic E-state index is 0.00375. The number of hydrazine groups is 1. The van der Waals surface area contributed by atoms with Crippen molar-refractivity contribution in [3.05, 3.63) is 29.8 Å². The molecule has 0 spiro atoms. The Kier molecular flexibility index (Phi) is 4.17. The molecule has 7 heteroatoms. The van der Waals surface area contributed by atoms with Crippen LogP contribution in [0.4, 0.5) is 13.2 Å². The summed E-state index contributed by atoms with van der Waals surface area (Å²) in [6.07, 6.45) is -4.45. The highest BCUT2D eigenvalue weighted by atomic mass is 19.4. The molecular weight excluding hydrogens is 273 g/mol. The third-order valence-electron chi connectivity index (χ3n) is 2.98. The third-order valence-corrected chi connectivity index (χ3v) is 2.98. The van der Waals surface area contributed by atoms with Crippen molar-refractivity contribution in [2.45, 2.75) is 25.6 Å². The largest absolute Gasteiger partial charge is 0.494 e. The molecule has 20 heavy (non-hydrogen) atoms. The zero-order valence-corrected chi connectivity index (χ0v) is 10.9. The molecule has 0 saturated carbocycles. The Morgan fingerprint density at radius 2 is 2.10 bits per heavy atom. The van der Waals surface area contributed by atoms with Crippen LogP contribution in [-0.4, -0.2) is 30.2 Å². The van der Waals surface area contributed by atoms with E-state index in [4.69, 9.17) is 4.74 Å². The number of alkyl halides is 3. The molecule has 1 fully saturated rings. The van der Waals surface area contributed by atoms with Gasteiger partial charge in [-0.3, -0.25) is 10.2 Å². The van der Waals surface area contributed by atoms with Crippen LogP contribution in [0.2, 0.25) is 0 Å². The summed E-state index contributed by atoms with van der Waals surface area (Å²) in [7, 11) is 0. The monoisotopic (exact) mass is 288 g/mol. The summed E-state index contributed by atoms with van der Waals surface area (Å²) in [6.45, 7) is 1.99. The summed E-state index contributed by atoms with van der Waals surface area (Å²) in [5.41, 5.74) is 2.25. The number of hydrogen-bond donors (Lipinski definition) is 1. The van der Waals surface area contributed by atoms with Crippen molar-refractivity contribution < 1.29 is 22.7 Å². The fourth-order valence-corrected chi connectivity index (χ4v) is 2.20. The topological polar surface area (TPSA) is 41.6 Å². The van der Waals surface area contributed by atoms with E-state index in [9.17, 15) is 18.0 Å². The van der Waals surface area contributed by atoms with Crippen molar-refractivity contribution >= 4 is 5.91 Å². The Hall–Kier alpha value is -1.76. The summed E-state index contributed by atoms with van der Waals surface area (Å²) < 4.78 is 45.3. The molecule has 1 atom stereocenters. The normalized spacial score (nSPS) is 17.9. The van der Waals surface area contributed by atoms with Gasteiger partial charge in [0.1, 0.15) is 5.75 Å². The van der Waals surface area contributed by atoms with Crippen LogP contribution < -0.4 is 10.2 Å². The summed E-state index contributed by atoms with van der Waals surface area (Å²) in [5, 5.41) is 0.917. The van der Waals surface area contributed by atoms with E-state index in [-0.39, 0.29) is 30.9 Å². The van der Waals surface area contributed by atoms with E-state index in [0.29, 0.717) is 0 Å². The second-order valence-corrected chi connectivity index (χ2v) is 4.39. The van der Waals surface area contributed by atoms with Gasteiger partial charge in [-0.2, -0.15) is 13.2 Å². The Labute approximate surface area is 114 Å². The minimum atomic E-state index is -4.51. The molecule has 1 heterocycles. The van der Waals surface area contributed by atoms with Crippen LogP contribution in [0.5, 0.6) is 5.75 Å². The van der Waals surface area contributed by atoms with Gasteiger partial charge in [0.05, 0.1) is 6.61 Å². The summed E-state index contributed by atoms with van der Waals surface area (Å²) in [5.74, 6) is -0.230. The second kappa shape index (κ2) is 5.70. The maximum absolute atomic E-state index is 13.4. The average Bonchev–Trinajstić information content (AvgIpc) is 2.77. The van der Waals surface area contributed by atoms with Gasteiger partial charge in [0.2, 0.25) is 5.91 Å². The van der Waals surface area contributed by atoms with Crippen LogP contribution >= 0.6 is 0 Å². The van der Waals surface area contributed by atoms with Crippen LogP contribution in [0.25, 0.3) is 0 Å². The van der Waals surface area contributed by atoms with E-state index in [2.05, 4.69) is 5.43 Å². The number of nitrogens with one attached hydrogen (secondary N) is 1. The van der Waals surface area contributed by atoms with Gasteiger partial charge < -0.3 is 4.74 Å². The number of carbonyl (C=O) groups is 1. The predicted molar refractivity (Wildman–Crippen MR) is 65.9 cm³/mol. The Morgan fingerprint density at radius 3 is 2.65 bits per heavy atom. The predicted octanol–water partition coefficient (Wildman–Crippen LogP) is 2.43. The number of amides is 1. The Balaban J connectivity index is 2.39. The highest BCUT2D eigenvalue weighted by Gasteiger charge is 2.48. The number of rotatable bonds is 4. The fourth-order valence-electron chi connectivity index (χ4n) is 2.20. The van der Waals surface area contributed by atoms with Crippen LogP contribution in [-0.2, 0) is 4.79 Å². The number of para-hydroxylation sites is 1. The molecular formula is C13H15F3N2O2. The lowest BCUT2D eigenvalue weighted by Crippen LogP contribution is -2.43. The quantitative estimate of drug-likeness (QED) is 0.925. The molecule has 4 nitrogen and oxygen atoms in total. The van der Waals surface area contributed by atoms with Gasteiger partial charge in [0, 0.05) is 18.5 Å². The van der Waals surface area contributed by atoms with Gasteiger partial charge in [0.25, 0.3) is 0 Å². The van der Waals surface area contributed by atoms with Crippen LogP contribution in [0.15, 0.2) is 24.3 Å². The van der Waals surface area contributed by atoms with E-state index in [1.165, 1.54) is 18.2 Å². The zero-order chi connectivity index (χ0) is 14.8. The number of carbonyl (C=O) groups excluding carboxylic acids is 1. The van der Waals surface area contributed by atoms with Gasteiger partial charge in [-0.05, 0) is 13.0 Å². The maximum Gasteiger partial charge on any atom is 0.410 e. The van der Waals surface area contributed by atoms with Gasteiger partial charge in [-0.1, -0.05) is 18.2 Å². The molecule has 1 aromatic rings. The molecule has 110 valence electrons. The molecule has 1 N–H and O–H groups in total. The average molecular weight is 288 g/mol. The van der Waals surface area contributed by atoms with Crippen molar-refractivity contribution in [1.82, 2.24) is 10.4 Å². The third kappa shape index (κ3) is 3.04. The van der Waals surface area contributed by atoms with Crippen LogP contribution in [0.1, 0.15) is 24.9 Å². The molecule has 2 rings (SSSR count). The van der Waals surface area contributed by atoms with Crippen molar-refractivity contribution in [2.24, 2.45) is 0 Å². The number of nitrogens with zero attached hydrogens (tertiary/aromatic N) is 1. The number of halogens is 3. The lowest BCUT2D eigenvalue weighted by atomic mass is 10.0. The molecule has 0 aliphatic carbocycles. The smallest absolute Gasteiger partial charge is 0.410 e. The lowest BCUT2D eigenvalue weighted by molar-refractivity contribution is -0.191. The highest BCUT2D eigenvalue weighted by Crippen LogP contribution is 2.41. The molecule has 0 radical (unpaired) electrons. The first-order chi connectivity index (χ1) is 9.43. The summed E-state index contributed by atoms with van der Waals surface area (Å²) in [6, 6.07) is 4.10. The number of benzene rings is 1. The van der Waals surface area contributed by atoms with Crippen molar-refractivity contribution in [1.29, 1.82) is 0 Å². The van der Waals surface area contributed by atoms with Crippen molar-refractivity contribution in [2.75, 3.05) is 13.2 Å². The Bertz CT molecular complexity index is 491. The van der Waals surface area contributed by atoms with Crippen LogP contribution in [0.3, 0.4) is 0 Å². The van der Waals surface area contributed by atoms with Crippen LogP contribution in [0, 0.1) is 0 Å². The lowest BCUT2D eigenvalue weighted by Gasteiger charge is -2.30. The standard InChI is InChI=1S/C13H15F3N2O2/c1-2-20-10-6-4-3-5-9(10)12(13(14,15)16)18-8-7-11(19)17-18/h3-6,12H,2,7-8H2,1H3,(H,17,19). The van der Waals surface area contributed by atoms with E-state index in [0.717, 1.165) is 5.01 Å². The van der Waals surface area contributed by atoms with Crippen molar-refractivity contribution in [3.63, 3.8) is 0 Å². The first kappa shape index (κ1) is 14.6. The SMILES string of the molecule is CCOc1ccccc1C(N1CCC(=O)N1)C(F)(F)F. The molecule has 1 aliphatic heterocycles. The highest BCUT2D eigenvalue weighted by molar-refractivity contribution is 5.77. The first-order valence-electron chi connectivity index (χ1n) is 6.28. The van der Waals surface area contributed by atoms with Gasteiger partial charge in [0.15, 0.2) is 6.04 Å². The van der Waals surface area contributed by atoms with E-state index < -0.39 is 18.1 Å². The molecule has 1 amide bonds. The van der Waals surface area contributed by atoms with Gasteiger partial charge >= 0.3 is 6.18 Å². The molecule has 0 aromatic heterocycles. The summed E-state index contributed by atoms with van der Waals surface area (Å²) in [4.78, 5) is 11.2.